The molecule has 238 valence electrons. The fourth-order valence-electron chi connectivity index (χ4n) is 7.75. The molecule has 0 bridgehead atoms. The molecule has 4 heterocycles. The summed E-state index contributed by atoms with van der Waals surface area (Å²) in [5, 5.41) is 5.25. The van der Waals surface area contributed by atoms with E-state index in [1.165, 1.54) is 0 Å². The van der Waals surface area contributed by atoms with E-state index < -0.39 is 0 Å². The molecule has 0 saturated carbocycles. The lowest BCUT2D eigenvalue weighted by molar-refractivity contribution is 0.666. The van der Waals surface area contributed by atoms with Gasteiger partial charge < -0.3 is 8.83 Å². The van der Waals surface area contributed by atoms with Crippen LogP contribution in [-0.4, -0.2) is 14.5 Å². The van der Waals surface area contributed by atoms with E-state index in [2.05, 4.69) is 126 Å². The zero-order valence-corrected chi connectivity index (χ0v) is 27.2. The predicted molar refractivity (Wildman–Crippen MR) is 207 cm³/mol. The zero-order valence-electron chi connectivity index (χ0n) is 27.2. The van der Waals surface area contributed by atoms with E-state index in [1.54, 1.807) is 0 Å². The minimum absolute atomic E-state index is 0.584. The molecule has 0 radical (unpaired) electrons. The predicted octanol–water partition coefficient (Wildman–Crippen LogP) is 12.4. The summed E-state index contributed by atoms with van der Waals surface area (Å²) in [6.45, 7) is 0. The number of hydrogen-bond donors (Lipinski definition) is 0. The lowest BCUT2D eigenvalue weighted by Gasteiger charge is -2.11. The summed E-state index contributed by atoms with van der Waals surface area (Å²) in [5.41, 5.74) is 11.9. The molecule has 0 spiro atoms. The van der Waals surface area contributed by atoms with Crippen LogP contribution >= 0.6 is 0 Å². The van der Waals surface area contributed by atoms with Gasteiger partial charge in [-0.1, -0.05) is 121 Å². The minimum atomic E-state index is 0.584. The number of para-hydroxylation sites is 3. The molecule has 7 aromatic carbocycles. The average Bonchev–Trinajstić information content (AvgIpc) is 3.88. The third kappa shape index (κ3) is 4.15. The molecule has 0 atom stereocenters. The van der Waals surface area contributed by atoms with Crippen molar-refractivity contribution in [1.82, 2.24) is 14.5 Å². The van der Waals surface area contributed by atoms with Crippen molar-refractivity contribution in [2.75, 3.05) is 0 Å². The highest BCUT2D eigenvalue weighted by Crippen LogP contribution is 2.45. The molecule has 11 rings (SSSR count). The molecule has 0 N–H and O–H groups in total. The molecule has 51 heavy (non-hydrogen) atoms. The first kappa shape index (κ1) is 27.9. The number of nitrogens with zero attached hydrogens (tertiary/aromatic N) is 3. The van der Waals surface area contributed by atoms with Crippen molar-refractivity contribution in [3.8, 4) is 39.5 Å². The second kappa shape index (κ2) is 10.8. The van der Waals surface area contributed by atoms with Gasteiger partial charge in [-0.2, -0.15) is 0 Å². The summed E-state index contributed by atoms with van der Waals surface area (Å²) < 4.78 is 15.6. The number of aromatic nitrogens is 3. The van der Waals surface area contributed by atoms with E-state index in [-0.39, 0.29) is 0 Å². The molecule has 0 saturated heterocycles. The molecule has 4 aromatic heterocycles. The largest absolute Gasteiger partial charge is 0.455 e. The number of furan rings is 2. The molecule has 0 unspecified atom stereocenters. The fourth-order valence-corrected chi connectivity index (χ4v) is 7.75. The minimum Gasteiger partial charge on any atom is -0.455 e. The van der Waals surface area contributed by atoms with Gasteiger partial charge in [-0.25, -0.2) is 9.97 Å². The molecule has 5 heteroatoms. The molecule has 0 aliphatic heterocycles. The Balaban J connectivity index is 1.28. The van der Waals surface area contributed by atoms with Crippen molar-refractivity contribution in [3.05, 3.63) is 164 Å². The Kier molecular flexibility index (Phi) is 5.89. The van der Waals surface area contributed by atoms with Gasteiger partial charge in [0.25, 0.3) is 0 Å². The monoisotopic (exact) mass is 653 g/mol. The number of fused-ring (bicyclic) bond motifs is 9. The van der Waals surface area contributed by atoms with Gasteiger partial charge >= 0.3 is 0 Å². The first-order chi connectivity index (χ1) is 25.3. The summed E-state index contributed by atoms with van der Waals surface area (Å²) in [7, 11) is 0. The topological polar surface area (TPSA) is 57.0 Å². The highest BCUT2D eigenvalue weighted by molar-refractivity contribution is 6.19. The van der Waals surface area contributed by atoms with Crippen LogP contribution in [0.25, 0.3) is 105 Å². The van der Waals surface area contributed by atoms with E-state index in [4.69, 9.17) is 18.8 Å². The molecule has 0 fully saturated rings. The van der Waals surface area contributed by atoms with Crippen LogP contribution in [0, 0.1) is 0 Å². The molecular weight excluding hydrogens is 627 g/mol. The molecule has 0 aliphatic carbocycles. The van der Waals surface area contributed by atoms with Crippen LogP contribution in [0.1, 0.15) is 0 Å². The van der Waals surface area contributed by atoms with Crippen molar-refractivity contribution >= 4 is 65.8 Å². The molecule has 11 aromatic rings. The Morgan fingerprint density at radius 3 is 1.76 bits per heavy atom. The van der Waals surface area contributed by atoms with Crippen molar-refractivity contribution in [2.45, 2.75) is 0 Å². The average molecular weight is 654 g/mol. The fraction of sp³-hybridized carbons (Fsp3) is 0. The molecular formula is C46H27N3O2. The quantitative estimate of drug-likeness (QED) is 0.190. The van der Waals surface area contributed by atoms with E-state index in [0.717, 1.165) is 88.0 Å². The van der Waals surface area contributed by atoms with Crippen LogP contribution < -0.4 is 0 Å². The number of benzene rings is 7. The lowest BCUT2D eigenvalue weighted by atomic mass is 9.94. The summed E-state index contributed by atoms with van der Waals surface area (Å²) >= 11 is 0. The zero-order chi connectivity index (χ0) is 33.5. The van der Waals surface area contributed by atoms with Gasteiger partial charge in [-0.05, 0) is 59.2 Å². The Hall–Kier alpha value is -6.98. The summed E-state index contributed by atoms with van der Waals surface area (Å²) in [5.74, 6) is 0.584. The normalized spacial score (nSPS) is 11.9. The standard InChI is InChI=1S/C46H27N3O2/c1-3-14-28(15-4-1)30-26-35(29-16-5-2-6-17-29)44-36(27-30)41-34(21-13-25-40(41)51-44)43-45-42(33-20-9-12-24-39(33)50-45)47-46(48-43)49-37-22-10-7-18-31(37)32-19-8-11-23-38(32)49/h1-27H. The first-order valence-corrected chi connectivity index (χ1v) is 17.1. The molecule has 5 nitrogen and oxygen atoms in total. The van der Waals surface area contributed by atoms with Crippen LogP contribution in [0.3, 0.4) is 0 Å². The maximum Gasteiger partial charge on any atom is 0.236 e. The summed E-state index contributed by atoms with van der Waals surface area (Å²) in [6, 6.07) is 56.6. The van der Waals surface area contributed by atoms with Gasteiger partial charge in [0.1, 0.15) is 28.0 Å². The van der Waals surface area contributed by atoms with Gasteiger partial charge in [0.05, 0.1) is 11.0 Å². The van der Waals surface area contributed by atoms with E-state index in [0.29, 0.717) is 17.2 Å². The smallest absolute Gasteiger partial charge is 0.236 e. The maximum absolute atomic E-state index is 6.80. The van der Waals surface area contributed by atoms with E-state index in [9.17, 15) is 0 Å². The second-order valence-electron chi connectivity index (χ2n) is 12.9. The van der Waals surface area contributed by atoms with E-state index >= 15 is 0 Å². The SMILES string of the molecule is c1ccc(-c2cc(-c3ccccc3)c3oc4cccc(-c5nc(-n6c7ccccc7c7ccccc76)nc6c5oc5ccccc56)c4c3c2)cc1. The highest BCUT2D eigenvalue weighted by Gasteiger charge is 2.24. The van der Waals surface area contributed by atoms with Crippen molar-refractivity contribution in [2.24, 2.45) is 0 Å². The van der Waals surface area contributed by atoms with Gasteiger partial charge in [-0.3, -0.25) is 4.57 Å². The van der Waals surface area contributed by atoms with Gasteiger partial charge in [-0.15, -0.1) is 0 Å². The Morgan fingerprint density at radius 1 is 0.412 bits per heavy atom. The van der Waals surface area contributed by atoms with Crippen LogP contribution in [0.4, 0.5) is 0 Å². The number of hydrogen-bond acceptors (Lipinski definition) is 4. The Labute approximate surface area is 291 Å². The Morgan fingerprint density at radius 2 is 1.02 bits per heavy atom. The van der Waals surface area contributed by atoms with Gasteiger partial charge in [0.15, 0.2) is 5.58 Å². The number of rotatable bonds is 4. The van der Waals surface area contributed by atoms with Crippen LogP contribution in [0.15, 0.2) is 173 Å². The van der Waals surface area contributed by atoms with Gasteiger partial charge in [0.2, 0.25) is 5.95 Å². The van der Waals surface area contributed by atoms with Crippen molar-refractivity contribution < 1.29 is 8.83 Å². The highest BCUT2D eigenvalue weighted by atomic mass is 16.3. The van der Waals surface area contributed by atoms with Gasteiger partial charge in [0, 0.05) is 38.1 Å². The first-order valence-electron chi connectivity index (χ1n) is 17.1. The lowest BCUT2D eigenvalue weighted by Crippen LogP contribution is -2.03. The third-order valence-electron chi connectivity index (χ3n) is 10.0. The maximum atomic E-state index is 6.80. The second-order valence-corrected chi connectivity index (χ2v) is 12.9. The van der Waals surface area contributed by atoms with Crippen molar-refractivity contribution in [1.29, 1.82) is 0 Å². The Bertz CT molecular complexity index is 3080. The van der Waals surface area contributed by atoms with Crippen LogP contribution in [0.5, 0.6) is 0 Å². The van der Waals surface area contributed by atoms with Crippen molar-refractivity contribution in [3.63, 3.8) is 0 Å². The third-order valence-corrected chi connectivity index (χ3v) is 10.0. The molecule has 0 aliphatic rings. The summed E-state index contributed by atoms with van der Waals surface area (Å²) in [4.78, 5) is 10.7. The van der Waals surface area contributed by atoms with Crippen LogP contribution in [0.2, 0.25) is 0 Å². The summed E-state index contributed by atoms with van der Waals surface area (Å²) in [6.07, 6.45) is 0. The van der Waals surface area contributed by atoms with E-state index in [1.807, 2.05) is 42.5 Å². The molecule has 0 amide bonds. The van der Waals surface area contributed by atoms with Crippen LogP contribution in [-0.2, 0) is 0 Å².